The zero-order valence-electron chi connectivity index (χ0n) is 12.2. The molecule has 3 heteroatoms. The van der Waals surface area contributed by atoms with Gasteiger partial charge in [0.15, 0.2) is 0 Å². The van der Waals surface area contributed by atoms with Crippen molar-refractivity contribution in [2.75, 3.05) is 7.05 Å². The molecule has 3 unspecified atom stereocenters. The Labute approximate surface area is 120 Å². The lowest BCUT2D eigenvalue weighted by Gasteiger charge is -2.35. The summed E-state index contributed by atoms with van der Waals surface area (Å²) in [5, 5.41) is 4.53. The number of para-hydroxylation sites is 1. The van der Waals surface area contributed by atoms with E-state index in [2.05, 4.69) is 29.4 Å². The Morgan fingerprint density at radius 1 is 1.20 bits per heavy atom. The molecule has 1 aromatic heterocycles. The normalized spacial score (nSPS) is 26.6. The first-order valence-corrected chi connectivity index (χ1v) is 7.45. The van der Waals surface area contributed by atoms with Gasteiger partial charge in [-0.2, -0.15) is 0 Å². The average Bonchev–Trinajstić information content (AvgIpc) is 2.48. The Morgan fingerprint density at radius 3 is 2.90 bits per heavy atom. The van der Waals surface area contributed by atoms with Gasteiger partial charge in [-0.1, -0.05) is 25.1 Å². The molecule has 0 saturated heterocycles. The van der Waals surface area contributed by atoms with Crippen LogP contribution in [0.3, 0.4) is 0 Å². The molecule has 1 aromatic carbocycles. The minimum absolute atomic E-state index is 0.233. The highest BCUT2D eigenvalue weighted by Gasteiger charge is 2.29. The summed E-state index contributed by atoms with van der Waals surface area (Å²) in [6.45, 7) is 2.31. The second-order valence-electron chi connectivity index (χ2n) is 5.80. The minimum Gasteiger partial charge on any atom is -0.487 e. The fourth-order valence-electron chi connectivity index (χ4n) is 3.12. The van der Waals surface area contributed by atoms with Crippen LogP contribution < -0.4 is 10.1 Å². The van der Waals surface area contributed by atoms with Gasteiger partial charge in [-0.15, -0.1) is 0 Å². The smallest absolute Gasteiger partial charge is 0.146 e. The Bertz CT molecular complexity index is 579. The number of fused-ring (bicyclic) bond motifs is 1. The van der Waals surface area contributed by atoms with Crippen LogP contribution in [-0.2, 0) is 0 Å². The second-order valence-corrected chi connectivity index (χ2v) is 5.80. The molecule has 1 N–H and O–H groups in total. The molecule has 0 aliphatic heterocycles. The maximum absolute atomic E-state index is 6.32. The van der Waals surface area contributed by atoms with E-state index < -0.39 is 0 Å². The predicted molar refractivity (Wildman–Crippen MR) is 82.0 cm³/mol. The Kier molecular flexibility index (Phi) is 3.88. The average molecular weight is 270 g/mol. The molecule has 3 atom stereocenters. The van der Waals surface area contributed by atoms with Gasteiger partial charge in [0, 0.05) is 17.6 Å². The van der Waals surface area contributed by atoms with Crippen molar-refractivity contribution in [3.63, 3.8) is 0 Å². The third-order valence-electron chi connectivity index (χ3n) is 4.30. The van der Waals surface area contributed by atoms with Gasteiger partial charge in [0.1, 0.15) is 17.4 Å². The Morgan fingerprint density at radius 2 is 2.05 bits per heavy atom. The van der Waals surface area contributed by atoms with Gasteiger partial charge in [-0.3, -0.25) is 4.98 Å². The van der Waals surface area contributed by atoms with E-state index in [1.807, 2.05) is 31.4 Å². The standard InChI is InChI=1S/C17H22N2O/c1-12-8-9-14(18-2)16(11-12)20-15-7-3-5-13-6-4-10-19-17(13)15/h3-7,10,12,14,16,18H,8-9,11H2,1-2H3. The SMILES string of the molecule is CNC1CCC(C)CC1Oc1cccc2cccnc12. The highest BCUT2D eigenvalue weighted by Crippen LogP contribution is 2.30. The molecule has 2 aromatic rings. The Balaban J connectivity index is 1.88. The minimum atomic E-state index is 0.233. The second kappa shape index (κ2) is 5.80. The maximum Gasteiger partial charge on any atom is 0.146 e. The molecule has 3 rings (SSSR count). The first kappa shape index (κ1) is 13.4. The molecule has 0 radical (unpaired) electrons. The van der Waals surface area contributed by atoms with Crippen LogP contribution in [0.1, 0.15) is 26.2 Å². The summed E-state index contributed by atoms with van der Waals surface area (Å²) in [5.74, 6) is 1.63. The van der Waals surface area contributed by atoms with E-state index in [1.54, 1.807) is 0 Å². The van der Waals surface area contributed by atoms with Crippen LogP contribution in [-0.4, -0.2) is 24.2 Å². The summed E-state index contributed by atoms with van der Waals surface area (Å²) >= 11 is 0. The lowest BCUT2D eigenvalue weighted by atomic mass is 9.85. The zero-order valence-corrected chi connectivity index (χ0v) is 12.2. The molecule has 0 spiro atoms. The first-order valence-electron chi connectivity index (χ1n) is 7.45. The monoisotopic (exact) mass is 270 g/mol. The van der Waals surface area contributed by atoms with E-state index in [1.165, 1.54) is 12.8 Å². The quantitative estimate of drug-likeness (QED) is 0.928. The van der Waals surface area contributed by atoms with Crippen molar-refractivity contribution in [2.24, 2.45) is 5.92 Å². The summed E-state index contributed by atoms with van der Waals surface area (Å²) < 4.78 is 6.32. The van der Waals surface area contributed by atoms with Crippen LogP contribution in [0.15, 0.2) is 36.5 Å². The molecule has 0 amide bonds. The number of ether oxygens (including phenoxy) is 1. The highest BCUT2D eigenvalue weighted by atomic mass is 16.5. The van der Waals surface area contributed by atoms with Gasteiger partial charge in [-0.05, 0) is 44.4 Å². The third kappa shape index (κ3) is 2.63. The lowest BCUT2D eigenvalue weighted by Crippen LogP contribution is -2.45. The zero-order chi connectivity index (χ0) is 13.9. The molecule has 1 heterocycles. The Hall–Kier alpha value is -1.61. The van der Waals surface area contributed by atoms with E-state index in [9.17, 15) is 0 Å². The molecule has 1 aliphatic carbocycles. The van der Waals surface area contributed by atoms with Gasteiger partial charge >= 0.3 is 0 Å². The van der Waals surface area contributed by atoms with Crippen LogP contribution in [0.5, 0.6) is 5.75 Å². The number of likely N-dealkylation sites (N-methyl/N-ethyl adjacent to an activating group) is 1. The van der Waals surface area contributed by atoms with Crippen LogP contribution in [0, 0.1) is 5.92 Å². The van der Waals surface area contributed by atoms with Crippen molar-refractivity contribution in [3.8, 4) is 5.75 Å². The number of aromatic nitrogens is 1. The van der Waals surface area contributed by atoms with E-state index >= 15 is 0 Å². The predicted octanol–water partition coefficient (Wildman–Crippen LogP) is 3.39. The summed E-state index contributed by atoms with van der Waals surface area (Å²) in [4.78, 5) is 4.47. The molecule has 1 fully saturated rings. The van der Waals surface area contributed by atoms with Crippen LogP contribution in [0.2, 0.25) is 0 Å². The summed E-state index contributed by atoms with van der Waals surface area (Å²) in [6.07, 6.45) is 5.62. The highest BCUT2D eigenvalue weighted by molar-refractivity contribution is 5.84. The molecule has 20 heavy (non-hydrogen) atoms. The van der Waals surface area contributed by atoms with Crippen molar-refractivity contribution in [1.82, 2.24) is 10.3 Å². The van der Waals surface area contributed by atoms with Crippen LogP contribution >= 0.6 is 0 Å². The molecular formula is C17H22N2O. The van der Waals surface area contributed by atoms with Gasteiger partial charge in [0.2, 0.25) is 0 Å². The molecule has 106 valence electrons. The molecule has 1 saturated carbocycles. The fraction of sp³-hybridized carbons (Fsp3) is 0.471. The van der Waals surface area contributed by atoms with Crippen molar-refractivity contribution >= 4 is 10.9 Å². The molecular weight excluding hydrogens is 248 g/mol. The van der Waals surface area contributed by atoms with E-state index in [0.717, 1.165) is 29.0 Å². The third-order valence-corrected chi connectivity index (χ3v) is 4.30. The number of benzene rings is 1. The van der Waals surface area contributed by atoms with Crippen molar-refractivity contribution < 1.29 is 4.74 Å². The number of rotatable bonds is 3. The topological polar surface area (TPSA) is 34.1 Å². The van der Waals surface area contributed by atoms with Crippen molar-refractivity contribution in [1.29, 1.82) is 0 Å². The number of nitrogens with one attached hydrogen (secondary N) is 1. The van der Waals surface area contributed by atoms with E-state index in [-0.39, 0.29) is 6.10 Å². The number of hydrogen-bond donors (Lipinski definition) is 1. The number of pyridine rings is 1. The van der Waals surface area contributed by atoms with E-state index in [4.69, 9.17) is 4.74 Å². The lowest BCUT2D eigenvalue weighted by molar-refractivity contribution is 0.0957. The molecule has 3 nitrogen and oxygen atoms in total. The first-order chi connectivity index (χ1) is 9.78. The van der Waals surface area contributed by atoms with Gasteiger partial charge in [0.05, 0.1) is 0 Å². The maximum atomic E-state index is 6.32. The van der Waals surface area contributed by atoms with E-state index in [0.29, 0.717) is 6.04 Å². The van der Waals surface area contributed by atoms with Gasteiger partial charge in [0.25, 0.3) is 0 Å². The van der Waals surface area contributed by atoms with Gasteiger partial charge < -0.3 is 10.1 Å². The fourth-order valence-corrected chi connectivity index (χ4v) is 3.12. The van der Waals surface area contributed by atoms with Crippen LogP contribution in [0.25, 0.3) is 10.9 Å². The largest absolute Gasteiger partial charge is 0.487 e. The summed E-state index contributed by atoms with van der Waals surface area (Å²) in [6, 6.07) is 10.6. The van der Waals surface area contributed by atoms with Crippen LogP contribution in [0.4, 0.5) is 0 Å². The van der Waals surface area contributed by atoms with Crippen molar-refractivity contribution in [3.05, 3.63) is 36.5 Å². The van der Waals surface area contributed by atoms with Crippen molar-refractivity contribution in [2.45, 2.75) is 38.3 Å². The summed E-state index contributed by atoms with van der Waals surface area (Å²) in [5.41, 5.74) is 0.961. The summed E-state index contributed by atoms with van der Waals surface area (Å²) in [7, 11) is 2.03. The number of hydrogen-bond acceptors (Lipinski definition) is 3. The van der Waals surface area contributed by atoms with Gasteiger partial charge in [-0.25, -0.2) is 0 Å². The molecule has 1 aliphatic rings. The number of nitrogens with zero attached hydrogens (tertiary/aromatic N) is 1. The molecule has 0 bridgehead atoms.